The minimum atomic E-state index is -1.71. The van der Waals surface area contributed by atoms with Crippen molar-refractivity contribution in [3.05, 3.63) is 118 Å². The lowest BCUT2D eigenvalue weighted by molar-refractivity contribution is -0.142. The van der Waals surface area contributed by atoms with E-state index in [4.69, 9.17) is 10.5 Å². The number of phenolic OH excluding ortho intramolecular Hbond substituents is 1. The summed E-state index contributed by atoms with van der Waals surface area (Å²) in [5.74, 6) is 6.39. The highest BCUT2D eigenvalue weighted by molar-refractivity contribution is 6.06. The molecular formula is C46H52N2O5. The number of aromatic hydroxyl groups is 1. The van der Waals surface area contributed by atoms with Crippen LogP contribution in [-0.4, -0.2) is 40.0 Å². The number of methoxy groups -OCH3 is 1. The number of hydrogen-bond donors (Lipinski definition) is 3. The number of pyridine rings is 1. The number of benzene rings is 3. The minimum absolute atomic E-state index is 0.0242. The van der Waals surface area contributed by atoms with Crippen molar-refractivity contribution < 1.29 is 24.5 Å². The molecule has 0 amide bonds. The molecular weight excluding hydrogens is 661 g/mol. The summed E-state index contributed by atoms with van der Waals surface area (Å²) in [6, 6.07) is 25.9. The van der Waals surface area contributed by atoms with Crippen molar-refractivity contribution in [1.29, 1.82) is 0 Å². The minimum Gasteiger partial charge on any atom is -0.504 e. The van der Waals surface area contributed by atoms with Gasteiger partial charge in [0.15, 0.2) is 29.2 Å². The number of carbonyl (C=O) groups excluding carboxylic acids is 2. The molecule has 0 saturated heterocycles. The second-order valence-corrected chi connectivity index (χ2v) is 15.0. The van der Waals surface area contributed by atoms with Crippen LogP contribution in [-0.2, 0) is 35.3 Å². The summed E-state index contributed by atoms with van der Waals surface area (Å²) < 4.78 is 5.69. The first-order valence-electron chi connectivity index (χ1n) is 19.2. The normalized spacial score (nSPS) is 23.3. The van der Waals surface area contributed by atoms with E-state index in [1.165, 1.54) is 7.11 Å². The maximum absolute atomic E-state index is 14.3. The Bertz CT molecular complexity index is 1930. The number of rotatable bonds is 10. The van der Waals surface area contributed by atoms with E-state index in [-0.39, 0.29) is 36.3 Å². The van der Waals surface area contributed by atoms with Crippen molar-refractivity contribution in [2.75, 3.05) is 12.8 Å². The van der Waals surface area contributed by atoms with Gasteiger partial charge in [-0.1, -0.05) is 98.7 Å². The van der Waals surface area contributed by atoms with Gasteiger partial charge in [-0.25, -0.2) is 4.98 Å². The summed E-state index contributed by atoms with van der Waals surface area (Å²) in [6.45, 7) is 2.18. The summed E-state index contributed by atoms with van der Waals surface area (Å²) in [6.07, 6.45) is 7.49. The van der Waals surface area contributed by atoms with Crippen LogP contribution < -0.4 is 10.5 Å². The van der Waals surface area contributed by atoms with Gasteiger partial charge < -0.3 is 20.7 Å². The predicted molar refractivity (Wildman–Crippen MR) is 209 cm³/mol. The van der Waals surface area contributed by atoms with Crippen LogP contribution in [0.4, 0.5) is 5.82 Å². The number of anilines is 1. The molecule has 6 atom stereocenters. The topological polar surface area (TPSA) is 123 Å². The third-order valence-corrected chi connectivity index (χ3v) is 11.3. The van der Waals surface area contributed by atoms with Gasteiger partial charge in [0.05, 0.1) is 13.0 Å². The van der Waals surface area contributed by atoms with E-state index in [1.54, 1.807) is 12.3 Å². The Kier molecular flexibility index (Phi) is 12.6. The molecule has 7 nitrogen and oxygen atoms in total. The lowest BCUT2D eigenvalue weighted by Crippen LogP contribution is -2.38. The van der Waals surface area contributed by atoms with E-state index < -0.39 is 29.5 Å². The fourth-order valence-corrected chi connectivity index (χ4v) is 8.61. The Morgan fingerprint density at radius 1 is 0.887 bits per heavy atom. The second-order valence-electron chi connectivity index (χ2n) is 15.0. The lowest BCUT2D eigenvalue weighted by Gasteiger charge is -2.27. The monoisotopic (exact) mass is 712 g/mol. The second kappa shape index (κ2) is 17.7. The Hall–Kier alpha value is -4.93. The average Bonchev–Trinajstić information content (AvgIpc) is 3.34. The summed E-state index contributed by atoms with van der Waals surface area (Å²) in [7, 11) is 1.52. The van der Waals surface area contributed by atoms with Gasteiger partial charge in [-0.15, -0.1) is 0 Å². The van der Waals surface area contributed by atoms with Gasteiger partial charge in [0.25, 0.3) is 0 Å². The number of fused-ring (bicyclic) bond motifs is 2. The van der Waals surface area contributed by atoms with E-state index in [0.29, 0.717) is 37.3 Å². The van der Waals surface area contributed by atoms with E-state index in [2.05, 4.69) is 48.0 Å². The molecule has 4 aromatic rings. The first-order chi connectivity index (χ1) is 25.7. The van der Waals surface area contributed by atoms with Gasteiger partial charge in [0, 0.05) is 30.0 Å². The van der Waals surface area contributed by atoms with Gasteiger partial charge in [0.1, 0.15) is 5.82 Å². The fraction of sp³-hybridized carbons (Fsp3) is 0.413. The van der Waals surface area contributed by atoms with E-state index in [1.807, 2.05) is 48.5 Å². The molecule has 1 fully saturated rings. The first-order valence-corrected chi connectivity index (χ1v) is 19.2. The Labute approximate surface area is 314 Å². The number of phenols is 1. The molecule has 1 heterocycles. The highest BCUT2D eigenvalue weighted by Gasteiger charge is 2.40. The molecule has 0 aliphatic heterocycles. The number of aliphatic hydroxyl groups is 1. The molecule has 6 unspecified atom stereocenters. The van der Waals surface area contributed by atoms with Crippen LogP contribution in [0, 0.1) is 35.5 Å². The first kappa shape index (κ1) is 37.8. The smallest absolute Gasteiger partial charge is 0.173 e. The largest absolute Gasteiger partial charge is 0.504 e. The van der Waals surface area contributed by atoms with Crippen LogP contribution >= 0.6 is 0 Å². The van der Waals surface area contributed by atoms with Crippen LogP contribution in [0.25, 0.3) is 0 Å². The van der Waals surface area contributed by atoms with Crippen LogP contribution in [0.2, 0.25) is 0 Å². The highest BCUT2D eigenvalue weighted by Crippen LogP contribution is 2.44. The molecule has 7 heteroatoms. The SMILES string of the molecule is CCCCC1CC(Cc2ccnc(N)c2)CC2C#CC(c3ccccc3)c3c(cc(OC)c(O)c3CCc3ccccc3)CCC(=O)C(O)C(=O)C2C1. The summed E-state index contributed by atoms with van der Waals surface area (Å²) >= 11 is 0. The maximum Gasteiger partial charge on any atom is 0.173 e. The molecule has 0 radical (unpaired) electrons. The summed E-state index contributed by atoms with van der Waals surface area (Å²) in [4.78, 5) is 32.2. The third-order valence-electron chi connectivity index (χ3n) is 11.3. The van der Waals surface area contributed by atoms with Gasteiger partial charge >= 0.3 is 0 Å². The number of nitrogens with two attached hydrogens (primary N) is 1. The number of aryl methyl sites for hydroxylation is 2. The van der Waals surface area contributed by atoms with Crippen molar-refractivity contribution in [3.8, 4) is 23.3 Å². The van der Waals surface area contributed by atoms with E-state index in [0.717, 1.165) is 65.5 Å². The molecule has 2 aliphatic rings. The predicted octanol–water partition coefficient (Wildman–Crippen LogP) is 7.83. The quantitative estimate of drug-likeness (QED) is 0.113. The number of aromatic nitrogens is 1. The zero-order valence-corrected chi connectivity index (χ0v) is 31.0. The average molecular weight is 713 g/mol. The van der Waals surface area contributed by atoms with Crippen LogP contribution in [0.15, 0.2) is 85.1 Å². The van der Waals surface area contributed by atoms with Gasteiger partial charge in [-0.3, -0.25) is 9.59 Å². The number of ether oxygens (including phenoxy) is 1. The summed E-state index contributed by atoms with van der Waals surface area (Å²) in [5, 5.41) is 23.2. The zero-order valence-electron chi connectivity index (χ0n) is 31.0. The standard InChI is InChI=1S/C46H52N2O5/c1-3-4-11-31-24-33(25-32-22-23-48-42(47)28-32)26-35-17-20-37(34-14-9-6-10-15-34)43-36(18-21-40(49)46(52)45(51)39(35)27-31)29-41(53-2)44(50)38(43)19-16-30-12-7-5-8-13-30/h5-10,12-15,22-23,28-29,31,33,35,37,39,46,50,52H,3-4,11,16,18-19,21,24-27H2,1-2H3,(H2,47,48). The van der Waals surface area contributed by atoms with Crippen molar-refractivity contribution in [3.63, 3.8) is 0 Å². The van der Waals surface area contributed by atoms with Crippen molar-refractivity contribution in [1.82, 2.24) is 4.98 Å². The van der Waals surface area contributed by atoms with Crippen molar-refractivity contribution >= 4 is 17.4 Å². The molecule has 2 aliphatic carbocycles. The van der Waals surface area contributed by atoms with Crippen LogP contribution in [0.3, 0.4) is 0 Å². The van der Waals surface area contributed by atoms with Crippen molar-refractivity contribution in [2.24, 2.45) is 23.7 Å². The number of Topliss-reactive ketones (excluding diaryl/α,β-unsaturated/α-hetero) is 2. The molecule has 53 heavy (non-hydrogen) atoms. The van der Waals surface area contributed by atoms with E-state index >= 15 is 0 Å². The molecule has 0 bridgehead atoms. The number of nitrogens with zero attached hydrogens (tertiary/aromatic N) is 1. The fourth-order valence-electron chi connectivity index (χ4n) is 8.61. The summed E-state index contributed by atoms with van der Waals surface area (Å²) in [5.41, 5.74) is 11.7. The third kappa shape index (κ3) is 9.18. The molecule has 1 aromatic heterocycles. The number of aliphatic hydroxyl groups excluding tert-OH is 1. The Morgan fingerprint density at radius 2 is 1.64 bits per heavy atom. The number of nitrogen functional groups attached to an aromatic ring is 1. The number of hydrogen-bond acceptors (Lipinski definition) is 7. The molecule has 1 saturated carbocycles. The van der Waals surface area contributed by atoms with Gasteiger partial charge in [-0.05, 0) is 103 Å². The van der Waals surface area contributed by atoms with Crippen LogP contribution in [0.5, 0.6) is 11.5 Å². The highest BCUT2D eigenvalue weighted by atomic mass is 16.5. The maximum atomic E-state index is 14.3. The van der Waals surface area contributed by atoms with E-state index in [9.17, 15) is 19.8 Å². The molecule has 6 rings (SSSR count). The van der Waals surface area contributed by atoms with Gasteiger partial charge in [0.2, 0.25) is 0 Å². The Morgan fingerprint density at radius 3 is 2.36 bits per heavy atom. The molecule has 4 N–H and O–H groups in total. The van der Waals surface area contributed by atoms with Crippen LogP contribution in [0.1, 0.15) is 91.2 Å². The lowest BCUT2D eigenvalue weighted by atomic mass is 9.76. The molecule has 276 valence electrons. The Balaban J connectivity index is 1.52. The number of unbranched alkanes of at least 4 members (excludes halogenated alkanes) is 1. The molecule has 3 aromatic carbocycles. The number of ketones is 2. The zero-order chi connectivity index (χ0) is 37.3. The molecule has 0 spiro atoms. The van der Waals surface area contributed by atoms with Crippen molar-refractivity contribution in [2.45, 2.75) is 89.6 Å². The van der Waals surface area contributed by atoms with Gasteiger partial charge in [-0.2, -0.15) is 0 Å². The number of carbonyl (C=O) groups is 2.